The van der Waals surface area contributed by atoms with Crippen LogP contribution in [0.4, 0.5) is 0 Å². The first-order valence-electron chi connectivity index (χ1n) is 6.68. The summed E-state index contributed by atoms with van der Waals surface area (Å²) in [5.41, 5.74) is 4.62. The molecule has 2 heterocycles. The van der Waals surface area contributed by atoms with Crippen LogP contribution in [0.5, 0.6) is 0 Å². The molecule has 0 spiro atoms. The minimum atomic E-state index is 0.291. The number of aryl methyl sites for hydroxylation is 3. The largest absolute Gasteiger partial charge is 0.310 e. The van der Waals surface area contributed by atoms with Crippen molar-refractivity contribution in [2.75, 3.05) is 6.54 Å². The zero-order valence-corrected chi connectivity index (χ0v) is 12.8. The smallest absolute Gasteiger partial charge is 0.0897 e. The van der Waals surface area contributed by atoms with Gasteiger partial charge in [0.05, 0.1) is 10.7 Å². The topological polar surface area (TPSA) is 37.8 Å². The molecule has 1 N–H and O–H groups in total. The van der Waals surface area contributed by atoms with Gasteiger partial charge >= 0.3 is 0 Å². The van der Waals surface area contributed by atoms with E-state index in [1.165, 1.54) is 5.56 Å². The molecule has 0 amide bonds. The monoisotopic (exact) mass is 275 g/mol. The van der Waals surface area contributed by atoms with Crippen molar-refractivity contribution in [1.29, 1.82) is 0 Å². The zero-order chi connectivity index (χ0) is 13.8. The van der Waals surface area contributed by atoms with E-state index < -0.39 is 0 Å². The Kier molecular flexibility index (Phi) is 4.66. The van der Waals surface area contributed by atoms with Gasteiger partial charge in [0.25, 0.3) is 0 Å². The second-order valence-electron chi connectivity index (χ2n) is 4.80. The van der Waals surface area contributed by atoms with E-state index in [9.17, 15) is 0 Å². The summed E-state index contributed by atoms with van der Waals surface area (Å²) in [6.45, 7) is 9.24. The first-order chi connectivity index (χ1) is 9.10. The maximum atomic E-state index is 4.57. The van der Waals surface area contributed by atoms with Gasteiger partial charge in [0.15, 0.2) is 0 Å². The van der Waals surface area contributed by atoms with E-state index in [2.05, 4.69) is 53.6 Å². The van der Waals surface area contributed by atoms with Gasteiger partial charge in [0.1, 0.15) is 0 Å². The van der Waals surface area contributed by atoms with E-state index in [-0.39, 0.29) is 0 Å². The van der Waals surface area contributed by atoms with Crippen LogP contribution in [-0.4, -0.2) is 16.5 Å². The Hall–Kier alpha value is -1.26. The summed E-state index contributed by atoms with van der Waals surface area (Å²) in [6.07, 6.45) is 0.920. The molecule has 0 aliphatic heterocycles. The summed E-state index contributed by atoms with van der Waals surface area (Å²) >= 11 is 1.71. The highest BCUT2D eigenvalue weighted by Crippen LogP contribution is 2.22. The van der Waals surface area contributed by atoms with Crippen LogP contribution in [0.15, 0.2) is 17.5 Å². The molecule has 0 aliphatic carbocycles. The van der Waals surface area contributed by atoms with Gasteiger partial charge in [-0.15, -0.1) is 11.3 Å². The molecule has 0 aromatic carbocycles. The summed E-state index contributed by atoms with van der Waals surface area (Å²) in [6, 6.07) is 4.56. The van der Waals surface area contributed by atoms with Crippen molar-refractivity contribution < 1.29 is 0 Å². The van der Waals surface area contributed by atoms with E-state index in [1.54, 1.807) is 11.3 Å². The lowest BCUT2D eigenvalue weighted by atomic mass is 10.0. The molecule has 0 saturated carbocycles. The minimum absolute atomic E-state index is 0.291. The van der Waals surface area contributed by atoms with Crippen molar-refractivity contribution in [3.05, 3.63) is 45.2 Å². The van der Waals surface area contributed by atoms with Crippen molar-refractivity contribution in [2.24, 2.45) is 0 Å². The maximum Gasteiger partial charge on any atom is 0.0897 e. The minimum Gasteiger partial charge on any atom is -0.310 e. The Morgan fingerprint density at radius 3 is 2.58 bits per heavy atom. The van der Waals surface area contributed by atoms with Crippen LogP contribution in [0, 0.1) is 20.8 Å². The number of nitrogens with zero attached hydrogens (tertiary/aromatic N) is 2. The molecule has 3 nitrogen and oxygen atoms in total. The fourth-order valence-corrected chi connectivity index (χ4v) is 2.94. The van der Waals surface area contributed by atoms with Crippen LogP contribution >= 0.6 is 11.3 Å². The standard InChI is InChI=1S/C15H21N3S/c1-5-16-15(8-13-9-19-12(4)18-13)14-7-6-10(2)17-11(14)3/h6-7,9,15-16H,5,8H2,1-4H3. The van der Waals surface area contributed by atoms with Crippen LogP contribution in [0.2, 0.25) is 0 Å². The number of pyridine rings is 1. The van der Waals surface area contributed by atoms with E-state index in [0.29, 0.717) is 6.04 Å². The molecule has 0 radical (unpaired) electrons. The summed E-state index contributed by atoms with van der Waals surface area (Å²) in [4.78, 5) is 9.13. The Balaban J connectivity index is 2.23. The summed E-state index contributed by atoms with van der Waals surface area (Å²) in [7, 11) is 0. The maximum absolute atomic E-state index is 4.57. The average molecular weight is 275 g/mol. The van der Waals surface area contributed by atoms with Crippen molar-refractivity contribution in [1.82, 2.24) is 15.3 Å². The predicted octanol–water partition coefficient (Wildman–Crippen LogP) is 3.36. The molecule has 0 saturated heterocycles. The summed E-state index contributed by atoms with van der Waals surface area (Å²) < 4.78 is 0. The van der Waals surface area contributed by atoms with Gasteiger partial charge in [-0.1, -0.05) is 13.0 Å². The molecule has 2 rings (SSSR count). The number of aromatic nitrogens is 2. The molecule has 2 aromatic rings. The van der Waals surface area contributed by atoms with Crippen LogP contribution in [0.3, 0.4) is 0 Å². The molecule has 0 aliphatic rings. The van der Waals surface area contributed by atoms with E-state index in [0.717, 1.165) is 35.1 Å². The van der Waals surface area contributed by atoms with Gasteiger partial charge in [-0.3, -0.25) is 4.98 Å². The predicted molar refractivity (Wildman–Crippen MR) is 80.7 cm³/mol. The SMILES string of the molecule is CCNC(Cc1csc(C)n1)c1ccc(C)nc1C. The Morgan fingerprint density at radius 1 is 1.21 bits per heavy atom. The molecule has 4 heteroatoms. The first kappa shape index (κ1) is 14.2. The Labute approximate surface area is 119 Å². The lowest BCUT2D eigenvalue weighted by Crippen LogP contribution is -2.24. The number of rotatable bonds is 5. The van der Waals surface area contributed by atoms with E-state index in [1.807, 2.05) is 6.92 Å². The van der Waals surface area contributed by atoms with Gasteiger partial charge in [0.2, 0.25) is 0 Å². The average Bonchev–Trinajstić information content (AvgIpc) is 2.74. The van der Waals surface area contributed by atoms with E-state index in [4.69, 9.17) is 0 Å². The molecule has 1 atom stereocenters. The number of hydrogen-bond acceptors (Lipinski definition) is 4. The van der Waals surface area contributed by atoms with Crippen molar-refractivity contribution >= 4 is 11.3 Å². The molecule has 0 bridgehead atoms. The number of thiazole rings is 1. The van der Waals surface area contributed by atoms with Crippen LogP contribution in [0.25, 0.3) is 0 Å². The number of nitrogens with one attached hydrogen (secondary N) is 1. The van der Waals surface area contributed by atoms with Gasteiger partial charge in [-0.25, -0.2) is 4.98 Å². The lowest BCUT2D eigenvalue weighted by Gasteiger charge is -2.19. The molecule has 1 unspecified atom stereocenters. The summed E-state index contributed by atoms with van der Waals surface area (Å²) in [5, 5.41) is 6.82. The van der Waals surface area contributed by atoms with E-state index >= 15 is 0 Å². The van der Waals surface area contributed by atoms with Crippen LogP contribution in [0.1, 0.15) is 40.6 Å². The molecule has 19 heavy (non-hydrogen) atoms. The number of hydrogen-bond donors (Lipinski definition) is 1. The van der Waals surface area contributed by atoms with Crippen molar-refractivity contribution in [3.63, 3.8) is 0 Å². The third-order valence-corrected chi connectivity index (χ3v) is 3.99. The molecular formula is C15H21N3S. The third kappa shape index (κ3) is 3.61. The summed E-state index contributed by atoms with van der Waals surface area (Å²) in [5.74, 6) is 0. The second-order valence-corrected chi connectivity index (χ2v) is 5.86. The van der Waals surface area contributed by atoms with Crippen molar-refractivity contribution in [3.8, 4) is 0 Å². The van der Waals surface area contributed by atoms with Gasteiger partial charge in [0, 0.05) is 29.2 Å². The Bertz CT molecular complexity index is 548. The fourth-order valence-electron chi connectivity index (χ4n) is 2.32. The van der Waals surface area contributed by atoms with Crippen molar-refractivity contribution in [2.45, 2.75) is 40.2 Å². The number of likely N-dealkylation sites (N-methyl/N-ethyl adjacent to an activating group) is 1. The lowest BCUT2D eigenvalue weighted by molar-refractivity contribution is 0.540. The zero-order valence-electron chi connectivity index (χ0n) is 12.0. The highest BCUT2D eigenvalue weighted by molar-refractivity contribution is 7.09. The normalized spacial score (nSPS) is 12.6. The molecule has 102 valence electrons. The Morgan fingerprint density at radius 2 is 2.00 bits per heavy atom. The first-order valence-corrected chi connectivity index (χ1v) is 7.56. The van der Waals surface area contributed by atoms with Crippen LogP contribution in [-0.2, 0) is 6.42 Å². The van der Waals surface area contributed by atoms with Gasteiger partial charge in [-0.2, -0.15) is 0 Å². The molecule has 2 aromatic heterocycles. The third-order valence-electron chi connectivity index (χ3n) is 3.17. The molecular weight excluding hydrogens is 254 g/mol. The fraction of sp³-hybridized carbons (Fsp3) is 0.467. The van der Waals surface area contributed by atoms with Gasteiger partial charge in [-0.05, 0) is 38.9 Å². The van der Waals surface area contributed by atoms with Crippen LogP contribution < -0.4 is 5.32 Å². The highest BCUT2D eigenvalue weighted by atomic mass is 32.1. The van der Waals surface area contributed by atoms with Gasteiger partial charge < -0.3 is 5.32 Å². The quantitative estimate of drug-likeness (QED) is 0.909. The molecule has 0 fully saturated rings. The second kappa shape index (κ2) is 6.26. The highest BCUT2D eigenvalue weighted by Gasteiger charge is 2.15.